The van der Waals surface area contributed by atoms with Gasteiger partial charge in [-0.25, -0.2) is 0 Å². The van der Waals surface area contributed by atoms with Gasteiger partial charge in [0.15, 0.2) is 6.29 Å². The van der Waals surface area contributed by atoms with Gasteiger partial charge in [0.25, 0.3) is 0 Å². The third-order valence-electron chi connectivity index (χ3n) is 5.59. The van der Waals surface area contributed by atoms with E-state index >= 15 is 0 Å². The van der Waals surface area contributed by atoms with Crippen molar-refractivity contribution >= 4 is 0 Å². The Morgan fingerprint density at radius 1 is 0.533 bits per heavy atom. The molecule has 5 nitrogen and oxygen atoms in total. The molecule has 0 radical (unpaired) electrons. The van der Waals surface area contributed by atoms with Gasteiger partial charge in [0.2, 0.25) is 0 Å². The molecule has 0 unspecified atom stereocenters. The zero-order valence-corrected chi connectivity index (χ0v) is 20.4. The monoisotopic (exact) mass is 430 g/mol. The van der Waals surface area contributed by atoms with Gasteiger partial charge in [-0.1, -0.05) is 79.1 Å². The van der Waals surface area contributed by atoms with Gasteiger partial charge in [-0.15, -0.1) is 0 Å². The number of ether oxygens (including phenoxy) is 5. The van der Waals surface area contributed by atoms with Gasteiger partial charge >= 0.3 is 0 Å². The summed E-state index contributed by atoms with van der Waals surface area (Å²) < 4.78 is 31.0. The van der Waals surface area contributed by atoms with E-state index in [2.05, 4.69) is 27.7 Å². The van der Waals surface area contributed by atoms with Gasteiger partial charge in [0, 0.05) is 26.4 Å². The summed E-state index contributed by atoms with van der Waals surface area (Å²) in [4.78, 5) is 0. The fraction of sp³-hybridized carbons (Fsp3) is 1.00. The van der Waals surface area contributed by atoms with E-state index in [1.54, 1.807) is 0 Å². The van der Waals surface area contributed by atoms with Crippen LogP contribution in [0.5, 0.6) is 0 Å². The first kappa shape index (κ1) is 27.8. The fourth-order valence-corrected chi connectivity index (χ4v) is 3.69. The summed E-state index contributed by atoms with van der Waals surface area (Å²) in [5.74, 6) is 0. The maximum atomic E-state index is 6.31. The van der Waals surface area contributed by atoms with Crippen LogP contribution in [0.15, 0.2) is 0 Å². The van der Waals surface area contributed by atoms with Gasteiger partial charge in [-0.05, 0) is 25.7 Å². The lowest BCUT2D eigenvalue weighted by Gasteiger charge is -2.25. The van der Waals surface area contributed by atoms with Crippen LogP contribution in [0.25, 0.3) is 0 Å². The molecular weight excluding hydrogens is 380 g/mol. The fourth-order valence-electron chi connectivity index (χ4n) is 3.69. The second kappa shape index (κ2) is 19.5. The van der Waals surface area contributed by atoms with E-state index in [-0.39, 0.29) is 24.6 Å². The molecule has 180 valence electrons. The summed E-state index contributed by atoms with van der Waals surface area (Å²) in [5.41, 5.74) is 0. The molecule has 0 aliphatic carbocycles. The van der Waals surface area contributed by atoms with Crippen molar-refractivity contribution in [2.24, 2.45) is 0 Å². The van der Waals surface area contributed by atoms with Gasteiger partial charge in [-0.2, -0.15) is 0 Å². The standard InChI is InChI=1S/C25H50O5/c1-5-9-13-17-26-21-22-23(27-18-14-10-6-2)24(28-19-15-11-7-3)25(30-22)29-20-16-12-8-4/h22-25H,5-21H2,1-4H3/t22-,23-,24-,25+/m1/s1. The van der Waals surface area contributed by atoms with Crippen molar-refractivity contribution in [3.63, 3.8) is 0 Å². The van der Waals surface area contributed by atoms with Crippen LogP contribution in [-0.4, -0.2) is 57.6 Å². The average Bonchev–Trinajstić information content (AvgIpc) is 3.08. The van der Waals surface area contributed by atoms with E-state index in [0.29, 0.717) is 13.2 Å². The van der Waals surface area contributed by atoms with Crippen LogP contribution in [-0.2, 0) is 23.7 Å². The van der Waals surface area contributed by atoms with Gasteiger partial charge in [0.1, 0.15) is 18.3 Å². The van der Waals surface area contributed by atoms with E-state index < -0.39 is 0 Å². The third kappa shape index (κ3) is 12.0. The molecule has 0 aromatic carbocycles. The third-order valence-corrected chi connectivity index (χ3v) is 5.59. The number of rotatable bonds is 21. The molecule has 0 saturated carbocycles. The van der Waals surface area contributed by atoms with Gasteiger partial charge < -0.3 is 23.7 Å². The van der Waals surface area contributed by atoms with E-state index in [4.69, 9.17) is 23.7 Å². The van der Waals surface area contributed by atoms with Crippen LogP contribution in [0.1, 0.15) is 105 Å². The van der Waals surface area contributed by atoms with E-state index in [1.807, 2.05) is 0 Å². The predicted molar refractivity (Wildman–Crippen MR) is 123 cm³/mol. The van der Waals surface area contributed by atoms with Crippen LogP contribution < -0.4 is 0 Å². The predicted octanol–water partition coefficient (Wildman–Crippen LogP) is 6.28. The minimum atomic E-state index is -0.358. The molecule has 1 heterocycles. The molecule has 0 amide bonds. The van der Waals surface area contributed by atoms with Crippen LogP contribution in [0.2, 0.25) is 0 Å². The van der Waals surface area contributed by atoms with E-state index in [1.165, 1.54) is 51.4 Å². The molecule has 1 saturated heterocycles. The minimum Gasteiger partial charge on any atom is -0.379 e. The van der Waals surface area contributed by atoms with Crippen molar-refractivity contribution in [1.82, 2.24) is 0 Å². The highest BCUT2D eigenvalue weighted by atomic mass is 16.7. The highest BCUT2D eigenvalue weighted by Crippen LogP contribution is 2.29. The minimum absolute atomic E-state index is 0.120. The molecule has 0 bridgehead atoms. The molecule has 30 heavy (non-hydrogen) atoms. The molecule has 0 aromatic heterocycles. The highest BCUT2D eigenvalue weighted by Gasteiger charge is 2.47. The Labute approximate surface area is 186 Å². The molecule has 0 aromatic rings. The smallest absolute Gasteiger partial charge is 0.186 e. The summed E-state index contributed by atoms with van der Waals surface area (Å²) in [6.07, 6.45) is 13.0. The summed E-state index contributed by atoms with van der Waals surface area (Å²) in [6.45, 7) is 12.3. The van der Waals surface area contributed by atoms with Crippen LogP contribution >= 0.6 is 0 Å². The Bertz CT molecular complexity index is 365. The van der Waals surface area contributed by atoms with Crippen LogP contribution in [0, 0.1) is 0 Å². The maximum Gasteiger partial charge on any atom is 0.186 e. The topological polar surface area (TPSA) is 46.2 Å². The number of unbranched alkanes of at least 4 members (excludes halogenated alkanes) is 8. The van der Waals surface area contributed by atoms with E-state index in [9.17, 15) is 0 Å². The van der Waals surface area contributed by atoms with Crippen molar-refractivity contribution in [3.05, 3.63) is 0 Å². The van der Waals surface area contributed by atoms with Gasteiger partial charge in [-0.3, -0.25) is 0 Å². The molecular formula is C25H50O5. The second-order valence-electron chi connectivity index (χ2n) is 8.49. The molecule has 5 heteroatoms. The lowest BCUT2D eigenvalue weighted by atomic mass is 10.1. The summed E-state index contributed by atoms with van der Waals surface area (Å²) in [5, 5.41) is 0. The average molecular weight is 431 g/mol. The SMILES string of the molecule is CCCCCOC[C@H]1O[C@H](OCCCCC)[C@H](OCCCCC)[C@@H]1OCCCCC. The Kier molecular flexibility index (Phi) is 18.1. The first-order valence-electron chi connectivity index (χ1n) is 12.9. The molecule has 1 fully saturated rings. The molecule has 0 N–H and O–H groups in total. The second-order valence-corrected chi connectivity index (χ2v) is 8.49. The normalized spacial score (nSPS) is 24.0. The van der Waals surface area contributed by atoms with Gasteiger partial charge in [0.05, 0.1) is 6.61 Å². The Morgan fingerprint density at radius 2 is 1.00 bits per heavy atom. The van der Waals surface area contributed by atoms with E-state index in [0.717, 1.165) is 45.5 Å². The van der Waals surface area contributed by atoms with Crippen molar-refractivity contribution in [3.8, 4) is 0 Å². The number of hydrogen-bond acceptors (Lipinski definition) is 5. The van der Waals surface area contributed by atoms with Crippen molar-refractivity contribution < 1.29 is 23.7 Å². The molecule has 1 aliphatic rings. The largest absolute Gasteiger partial charge is 0.379 e. The summed E-state index contributed by atoms with van der Waals surface area (Å²) >= 11 is 0. The molecule has 1 aliphatic heterocycles. The molecule has 0 spiro atoms. The maximum absolute atomic E-state index is 6.31. The summed E-state index contributed by atoms with van der Waals surface area (Å²) in [7, 11) is 0. The first-order chi connectivity index (χ1) is 14.8. The number of hydrogen-bond donors (Lipinski definition) is 0. The van der Waals surface area contributed by atoms with Crippen LogP contribution in [0.3, 0.4) is 0 Å². The Hall–Kier alpha value is -0.200. The molecule has 4 atom stereocenters. The lowest BCUT2D eigenvalue weighted by molar-refractivity contribution is -0.182. The lowest BCUT2D eigenvalue weighted by Crippen LogP contribution is -2.40. The Balaban J connectivity index is 2.66. The van der Waals surface area contributed by atoms with Crippen molar-refractivity contribution in [1.29, 1.82) is 0 Å². The zero-order valence-electron chi connectivity index (χ0n) is 20.4. The van der Waals surface area contributed by atoms with Crippen molar-refractivity contribution in [2.75, 3.05) is 33.0 Å². The van der Waals surface area contributed by atoms with Crippen LogP contribution in [0.4, 0.5) is 0 Å². The zero-order chi connectivity index (χ0) is 21.9. The summed E-state index contributed by atoms with van der Waals surface area (Å²) in [6, 6.07) is 0. The highest BCUT2D eigenvalue weighted by molar-refractivity contribution is 4.90. The Morgan fingerprint density at radius 3 is 1.53 bits per heavy atom. The first-order valence-corrected chi connectivity index (χ1v) is 12.9. The molecule has 1 rings (SSSR count). The van der Waals surface area contributed by atoms with Crippen molar-refractivity contribution in [2.45, 2.75) is 129 Å². The quantitative estimate of drug-likeness (QED) is 0.201.